The molecule has 0 aliphatic carbocycles. The molecule has 6 heteroatoms. The molecular weight excluding hydrogens is 284 g/mol. The third kappa shape index (κ3) is 5.55. The molecule has 1 aromatic carbocycles. The molecule has 1 rings (SSSR count). The summed E-state index contributed by atoms with van der Waals surface area (Å²) < 4.78 is 5.03. The highest BCUT2D eigenvalue weighted by atomic mass is 16.5. The standard InChI is InChI=1S/C16H22N2O4/c1-4-13(12-8-6-5-7-9-12)16(21)22-11-14(19)17-10-15(20)18(2)3/h5-9,13H,4,10-11H2,1-3H3,(H,17,19)/t13-/m0/s1. The molecule has 0 saturated heterocycles. The Labute approximate surface area is 130 Å². The van der Waals surface area contributed by atoms with Gasteiger partial charge in [0.25, 0.3) is 5.91 Å². The van der Waals surface area contributed by atoms with Crippen molar-refractivity contribution in [3.63, 3.8) is 0 Å². The molecular formula is C16H22N2O4. The molecule has 0 heterocycles. The largest absolute Gasteiger partial charge is 0.455 e. The van der Waals surface area contributed by atoms with Crippen molar-refractivity contribution in [3.05, 3.63) is 35.9 Å². The molecule has 6 nitrogen and oxygen atoms in total. The van der Waals surface area contributed by atoms with Gasteiger partial charge in [0, 0.05) is 14.1 Å². The van der Waals surface area contributed by atoms with Crippen molar-refractivity contribution in [2.24, 2.45) is 0 Å². The van der Waals surface area contributed by atoms with Crippen LogP contribution in [0.1, 0.15) is 24.8 Å². The summed E-state index contributed by atoms with van der Waals surface area (Å²) in [5, 5.41) is 2.41. The van der Waals surface area contributed by atoms with Gasteiger partial charge in [-0.15, -0.1) is 0 Å². The van der Waals surface area contributed by atoms with E-state index in [9.17, 15) is 14.4 Å². The molecule has 0 unspecified atom stereocenters. The van der Waals surface area contributed by atoms with Gasteiger partial charge in [-0.2, -0.15) is 0 Å². The highest BCUT2D eigenvalue weighted by Gasteiger charge is 2.21. The Morgan fingerprint density at radius 2 is 1.82 bits per heavy atom. The van der Waals surface area contributed by atoms with Gasteiger partial charge in [-0.1, -0.05) is 37.3 Å². The van der Waals surface area contributed by atoms with E-state index in [2.05, 4.69) is 5.32 Å². The average molecular weight is 306 g/mol. The lowest BCUT2D eigenvalue weighted by molar-refractivity contribution is -0.150. The quantitative estimate of drug-likeness (QED) is 0.760. The molecule has 120 valence electrons. The number of hydrogen-bond acceptors (Lipinski definition) is 4. The fourth-order valence-corrected chi connectivity index (χ4v) is 1.84. The molecule has 22 heavy (non-hydrogen) atoms. The van der Waals surface area contributed by atoms with E-state index >= 15 is 0 Å². The zero-order valence-corrected chi connectivity index (χ0v) is 13.2. The van der Waals surface area contributed by atoms with Crippen LogP contribution in [0.25, 0.3) is 0 Å². The summed E-state index contributed by atoms with van der Waals surface area (Å²) >= 11 is 0. The van der Waals surface area contributed by atoms with Crippen molar-refractivity contribution in [3.8, 4) is 0 Å². The molecule has 2 amide bonds. The summed E-state index contributed by atoms with van der Waals surface area (Å²) in [5.41, 5.74) is 0.859. The van der Waals surface area contributed by atoms with Gasteiger partial charge in [0.2, 0.25) is 5.91 Å². The third-order valence-corrected chi connectivity index (χ3v) is 3.18. The molecule has 1 N–H and O–H groups in total. The second-order valence-corrected chi connectivity index (χ2v) is 5.04. The third-order valence-electron chi connectivity index (χ3n) is 3.18. The minimum atomic E-state index is -0.494. The zero-order valence-electron chi connectivity index (χ0n) is 13.2. The number of likely N-dealkylation sites (N-methyl/N-ethyl adjacent to an activating group) is 1. The van der Waals surface area contributed by atoms with Crippen LogP contribution >= 0.6 is 0 Å². The Bertz CT molecular complexity index is 514. The number of carbonyl (C=O) groups is 3. The van der Waals surface area contributed by atoms with Crippen LogP contribution in [0.4, 0.5) is 0 Å². The number of hydrogen-bond donors (Lipinski definition) is 1. The van der Waals surface area contributed by atoms with Crippen molar-refractivity contribution in [2.75, 3.05) is 27.2 Å². The van der Waals surface area contributed by atoms with Crippen LogP contribution < -0.4 is 5.32 Å². The van der Waals surface area contributed by atoms with Gasteiger partial charge in [-0.25, -0.2) is 0 Å². The van der Waals surface area contributed by atoms with E-state index in [-0.39, 0.29) is 19.1 Å². The Balaban J connectivity index is 2.44. The molecule has 0 spiro atoms. The van der Waals surface area contributed by atoms with Crippen LogP contribution in [0, 0.1) is 0 Å². The lowest BCUT2D eigenvalue weighted by Gasteiger charge is -2.15. The van der Waals surface area contributed by atoms with Gasteiger partial charge < -0.3 is 15.0 Å². The molecule has 1 aromatic rings. The van der Waals surface area contributed by atoms with Crippen LogP contribution in [0.15, 0.2) is 30.3 Å². The van der Waals surface area contributed by atoms with Crippen LogP contribution in [-0.2, 0) is 19.1 Å². The van der Waals surface area contributed by atoms with E-state index in [4.69, 9.17) is 4.74 Å². The summed E-state index contributed by atoms with van der Waals surface area (Å²) in [6.07, 6.45) is 0.587. The lowest BCUT2D eigenvalue weighted by atomic mass is 9.97. The number of ether oxygens (including phenoxy) is 1. The summed E-state index contributed by atoms with van der Waals surface area (Å²) in [7, 11) is 3.19. The maximum Gasteiger partial charge on any atom is 0.313 e. The van der Waals surface area contributed by atoms with Crippen molar-refractivity contribution in [2.45, 2.75) is 19.3 Å². The van der Waals surface area contributed by atoms with E-state index in [1.165, 1.54) is 4.90 Å². The minimum Gasteiger partial charge on any atom is -0.455 e. The molecule has 0 aromatic heterocycles. The molecule has 0 aliphatic rings. The number of nitrogens with one attached hydrogen (secondary N) is 1. The van der Waals surface area contributed by atoms with Crippen molar-refractivity contribution >= 4 is 17.8 Å². The van der Waals surface area contributed by atoms with Gasteiger partial charge in [0.1, 0.15) is 0 Å². The summed E-state index contributed by atoms with van der Waals surface area (Å²) in [6, 6.07) is 9.28. The lowest BCUT2D eigenvalue weighted by Crippen LogP contribution is -2.38. The van der Waals surface area contributed by atoms with E-state index in [0.717, 1.165) is 5.56 Å². The zero-order chi connectivity index (χ0) is 16.5. The minimum absolute atomic E-state index is 0.112. The average Bonchev–Trinajstić information content (AvgIpc) is 2.52. The highest BCUT2D eigenvalue weighted by molar-refractivity contribution is 5.87. The molecule has 1 atom stereocenters. The Kier molecular flexibility index (Phi) is 7.08. The number of amides is 2. The van der Waals surface area contributed by atoms with Crippen molar-refractivity contribution < 1.29 is 19.1 Å². The molecule has 0 radical (unpaired) electrons. The van der Waals surface area contributed by atoms with E-state index in [0.29, 0.717) is 6.42 Å². The van der Waals surface area contributed by atoms with Crippen LogP contribution in [0.3, 0.4) is 0 Å². The first-order valence-electron chi connectivity index (χ1n) is 7.14. The molecule has 0 aliphatic heterocycles. The molecule has 0 fully saturated rings. The predicted octanol–water partition coefficient (Wildman–Crippen LogP) is 0.928. The summed E-state index contributed by atoms with van der Waals surface area (Å²) in [4.78, 5) is 36.3. The first kappa shape index (κ1) is 17.7. The van der Waals surface area contributed by atoms with Gasteiger partial charge in [-0.3, -0.25) is 14.4 Å². The first-order chi connectivity index (χ1) is 10.5. The summed E-state index contributed by atoms with van der Waals surface area (Å²) in [5.74, 6) is -1.55. The Morgan fingerprint density at radius 1 is 1.18 bits per heavy atom. The number of rotatable bonds is 7. The fraction of sp³-hybridized carbons (Fsp3) is 0.438. The highest BCUT2D eigenvalue weighted by Crippen LogP contribution is 2.20. The van der Waals surface area contributed by atoms with E-state index in [1.807, 2.05) is 37.3 Å². The van der Waals surface area contributed by atoms with Gasteiger partial charge >= 0.3 is 5.97 Å². The fourth-order valence-electron chi connectivity index (χ4n) is 1.84. The monoisotopic (exact) mass is 306 g/mol. The maximum absolute atomic E-state index is 12.0. The maximum atomic E-state index is 12.0. The second-order valence-electron chi connectivity index (χ2n) is 5.04. The second kappa shape index (κ2) is 8.81. The SMILES string of the molecule is CC[C@H](C(=O)OCC(=O)NCC(=O)N(C)C)c1ccccc1. The number of esters is 1. The Hall–Kier alpha value is -2.37. The molecule has 0 bridgehead atoms. The Morgan fingerprint density at radius 3 is 2.36 bits per heavy atom. The van der Waals surface area contributed by atoms with Crippen molar-refractivity contribution in [1.82, 2.24) is 10.2 Å². The van der Waals surface area contributed by atoms with Gasteiger partial charge in [-0.05, 0) is 12.0 Å². The first-order valence-corrected chi connectivity index (χ1v) is 7.14. The van der Waals surface area contributed by atoms with Crippen LogP contribution in [0.2, 0.25) is 0 Å². The van der Waals surface area contributed by atoms with Crippen LogP contribution in [0.5, 0.6) is 0 Å². The topological polar surface area (TPSA) is 75.7 Å². The smallest absolute Gasteiger partial charge is 0.313 e. The van der Waals surface area contributed by atoms with Crippen LogP contribution in [-0.4, -0.2) is 49.9 Å². The predicted molar refractivity (Wildman–Crippen MR) is 82.1 cm³/mol. The van der Waals surface area contributed by atoms with Gasteiger partial charge in [0.05, 0.1) is 12.5 Å². The van der Waals surface area contributed by atoms with Gasteiger partial charge in [0.15, 0.2) is 6.61 Å². The number of carbonyl (C=O) groups excluding carboxylic acids is 3. The number of nitrogens with zero attached hydrogens (tertiary/aromatic N) is 1. The van der Waals surface area contributed by atoms with E-state index < -0.39 is 17.8 Å². The normalized spacial score (nSPS) is 11.4. The van der Waals surface area contributed by atoms with E-state index in [1.54, 1.807) is 14.1 Å². The summed E-state index contributed by atoms with van der Waals surface area (Å²) in [6.45, 7) is 1.39. The van der Waals surface area contributed by atoms with Crippen molar-refractivity contribution in [1.29, 1.82) is 0 Å². The molecule has 0 saturated carbocycles. The number of benzene rings is 1.